The highest BCUT2D eigenvalue weighted by Gasteiger charge is 2.11. The molecule has 2 N–H and O–H groups in total. The van der Waals surface area contributed by atoms with Crippen LogP contribution in [0.5, 0.6) is 0 Å². The van der Waals surface area contributed by atoms with Crippen LogP contribution >= 0.6 is 0 Å². The fourth-order valence-electron chi connectivity index (χ4n) is 1.95. The monoisotopic (exact) mass is 403 g/mol. The topological polar surface area (TPSA) is 130 Å². The Bertz CT molecular complexity index is 784. The summed E-state index contributed by atoms with van der Waals surface area (Å²) in [5.41, 5.74) is 1.59. The summed E-state index contributed by atoms with van der Waals surface area (Å²) in [4.78, 5) is 35.7. The van der Waals surface area contributed by atoms with Gasteiger partial charge in [0.1, 0.15) is 19.0 Å². The molecule has 0 aliphatic carbocycles. The average molecular weight is 403 g/mol. The molecule has 1 aromatic rings. The number of methoxy groups -OCH3 is 1. The molecule has 0 saturated heterocycles. The summed E-state index contributed by atoms with van der Waals surface area (Å²) in [7, 11) is 4.62. The van der Waals surface area contributed by atoms with Crippen molar-refractivity contribution in [3.63, 3.8) is 0 Å². The zero-order chi connectivity index (χ0) is 21.8. The number of esters is 3. The van der Waals surface area contributed by atoms with Crippen LogP contribution < -0.4 is 0 Å². The number of benzene rings is 1. The van der Waals surface area contributed by atoms with Gasteiger partial charge in [-0.05, 0) is 11.1 Å². The zero-order valence-corrected chi connectivity index (χ0v) is 16.7. The van der Waals surface area contributed by atoms with Crippen molar-refractivity contribution in [1.29, 1.82) is 10.8 Å². The second kappa shape index (κ2) is 12.1. The van der Waals surface area contributed by atoms with Crippen LogP contribution in [0.1, 0.15) is 24.0 Å². The smallest absolute Gasteiger partial charge is 0.331 e. The molecule has 0 radical (unpaired) electrons. The van der Waals surface area contributed by atoms with Crippen molar-refractivity contribution >= 4 is 29.5 Å². The van der Waals surface area contributed by atoms with Gasteiger partial charge in [-0.2, -0.15) is 0 Å². The number of amidine groups is 1. The molecule has 0 aromatic heterocycles. The van der Waals surface area contributed by atoms with E-state index in [1.165, 1.54) is 7.11 Å². The standard InChI is InChI=1S/C20H25N3O6/c1-23(2)17(22)10-16(21)11-20(26)29-13-15-6-4-14(5-7-15)12-28-19(25)9-8-18(24)27-3/h4-9,21-22H,10-13H2,1-3H3/b9-8+,21-16?,22-17?. The minimum Gasteiger partial charge on any atom is -0.466 e. The molecule has 29 heavy (non-hydrogen) atoms. The van der Waals surface area contributed by atoms with Crippen molar-refractivity contribution in [2.45, 2.75) is 26.1 Å². The summed E-state index contributed by atoms with van der Waals surface area (Å²) in [6, 6.07) is 6.91. The van der Waals surface area contributed by atoms with Gasteiger partial charge in [-0.1, -0.05) is 24.3 Å². The normalized spacial score (nSPS) is 10.3. The Kier molecular flexibility index (Phi) is 9.80. The van der Waals surface area contributed by atoms with Gasteiger partial charge in [0.15, 0.2) is 0 Å². The highest BCUT2D eigenvalue weighted by atomic mass is 16.5. The Balaban J connectivity index is 2.39. The van der Waals surface area contributed by atoms with Crippen LogP contribution in [0.25, 0.3) is 0 Å². The predicted molar refractivity (Wildman–Crippen MR) is 106 cm³/mol. The fourth-order valence-corrected chi connectivity index (χ4v) is 1.95. The Labute approximate surface area is 169 Å². The molecule has 0 aliphatic heterocycles. The molecular formula is C20H25N3O6. The Morgan fingerprint density at radius 1 is 0.897 bits per heavy atom. The Hall–Kier alpha value is -3.49. The first-order valence-corrected chi connectivity index (χ1v) is 8.68. The number of nitrogens with zero attached hydrogens (tertiary/aromatic N) is 1. The molecule has 9 heteroatoms. The van der Waals surface area contributed by atoms with Crippen molar-refractivity contribution in [3.05, 3.63) is 47.5 Å². The third-order valence-electron chi connectivity index (χ3n) is 3.64. The summed E-state index contributed by atoms with van der Waals surface area (Å²) in [6.07, 6.45) is 1.90. The van der Waals surface area contributed by atoms with Crippen LogP contribution in [0.2, 0.25) is 0 Å². The number of carbonyl (C=O) groups is 3. The molecule has 9 nitrogen and oxygen atoms in total. The van der Waals surface area contributed by atoms with E-state index in [4.69, 9.17) is 20.3 Å². The van der Waals surface area contributed by atoms with E-state index in [2.05, 4.69) is 4.74 Å². The molecule has 0 spiro atoms. The molecule has 0 fully saturated rings. The van der Waals surface area contributed by atoms with Gasteiger partial charge >= 0.3 is 17.9 Å². The molecule has 0 atom stereocenters. The van der Waals surface area contributed by atoms with Crippen LogP contribution in [0, 0.1) is 10.8 Å². The summed E-state index contributed by atoms with van der Waals surface area (Å²) in [5, 5.41) is 15.4. The van der Waals surface area contributed by atoms with Gasteiger partial charge in [0.2, 0.25) is 0 Å². The molecule has 1 rings (SSSR count). The van der Waals surface area contributed by atoms with E-state index in [1.54, 1.807) is 43.3 Å². The van der Waals surface area contributed by atoms with E-state index in [0.29, 0.717) is 0 Å². The molecule has 0 bridgehead atoms. The maximum Gasteiger partial charge on any atom is 0.331 e. The second-order valence-electron chi connectivity index (χ2n) is 6.24. The van der Waals surface area contributed by atoms with Crippen molar-refractivity contribution in [1.82, 2.24) is 4.90 Å². The number of ether oxygens (including phenoxy) is 3. The first-order chi connectivity index (χ1) is 13.7. The van der Waals surface area contributed by atoms with Gasteiger partial charge < -0.3 is 24.5 Å². The molecule has 156 valence electrons. The van der Waals surface area contributed by atoms with Gasteiger partial charge in [0.05, 0.1) is 13.5 Å². The summed E-state index contributed by atoms with van der Waals surface area (Å²) < 4.78 is 14.5. The third kappa shape index (κ3) is 9.85. The van der Waals surface area contributed by atoms with Crippen molar-refractivity contribution in [3.8, 4) is 0 Å². The summed E-state index contributed by atoms with van der Waals surface area (Å²) in [5.74, 6) is -1.60. The van der Waals surface area contributed by atoms with E-state index in [1.807, 2.05) is 0 Å². The number of hydrogen-bond donors (Lipinski definition) is 2. The van der Waals surface area contributed by atoms with E-state index in [0.717, 1.165) is 23.3 Å². The lowest BCUT2D eigenvalue weighted by Gasteiger charge is -2.13. The summed E-state index contributed by atoms with van der Waals surface area (Å²) >= 11 is 0. The largest absolute Gasteiger partial charge is 0.466 e. The molecular weight excluding hydrogens is 378 g/mol. The fraction of sp³-hybridized carbons (Fsp3) is 0.350. The lowest BCUT2D eigenvalue weighted by Crippen LogP contribution is -2.24. The van der Waals surface area contributed by atoms with Crippen LogP contribution in [-0.2, 0) is 41.8 Å². The SMILES string of the molecule is COC(=O)/C=C/C(=O)OCc1ccc(COC(=O)CC(=N)CC(=N)N(C)C)cc1. The van der Waals surface area contributed by atoms with E-state index < -0.39 is 17.9 Å². The summed E-state index contributed by atoms with van der Waals surface area (Å²) in [6.45, 7) is 0.0819. The van der Waals surface area contributed by atoms with Gasteiger partial charge in [0, 0.05) is 38.4 Å². The van der Waals surface area contributed by atoms with E-state index >= 15 is 0 Å². The van der Waals surface area contributed by atoms with Gasteiger partial charge in [-0.15, -0.1) is 0 Å². The van der Waals surface area contributed by atoms with Gasteiger partial charge in [-0.3, -0.25) is 10.2 Å². The van der Waals surface area contributed by atoms with Gasteiger partial charge in [0.25, 0.3) is 0 Å². The highest BCUT2D eigenvalue weighted by molar-refractivity contribution is 6.06. The van der Waals surface area contributed by atoms with Crippen molar-refractivity contribution < 1.29 is 28.6 Å². The molecule has 0 aliphatic rings. The maximum atomic E-state index is 11.8. The lowest BCUT2D eigenvalue weighted by molar-refractivity contribution is -0.143. The van der Waals surface area contributed by atoms with Crippen LogP contribution in [0.4, 0.5) is 0 Å². The average Bonchev–Trinajstić information content (AvgIpc) is 2.69. The highest BCUT2D eigenvalue weighted by Crippen LogP contribution is 2.08. The van der Waals surface area contributed by atoms with E-state index in [-0.39, 0.29) is 37.6 Å². The number of rotatable bonds is 10. The Morgan fingerprint density at radius 2 is 1.41 bits per heavy atom. The first kappa shape index (κ1) is 23.5. The van der Waals surface area contributed by atoms with Crippen LogP contribution in [-0.4, -0.2) is 55.6 Å². The number of carbonyl (C=O) groups excluding carboxylic acids is 3. The number of hydrogen-bond acceptors (Lipinski definition) is 8. The molecule has 1 aromatic carbocycles. The second-order valence-corrected chi connectivity index (χ2v) is 6.24. The third-order valence-corrected chi connectivity index (χ3v) is 3.64. The molecule has 0 unspecified atom stereocenters. The van der Waals surface area contributed by atoms with Crippen molar-refractivity contribution in [2.24, 2.45) is 0 Å². The minimum absolute atomic E-state index is 0.0272. The predicted octanol–water partition coefficient (Wildman–Crippen LogP) is 1.84. The molecule has 0 saturated carbocycles. The minimum atomic E-state index is -0.668. The van der Waals surface area contributed by atoms with Crippen LogP contribution in [0.3, 0.4) is 0 Å². The zero-order valence-electron chi connectivity index (χ0n) is 16.7. The Morgan fingerprint density at radius 3 is 1.93 bits per heavy atom. The van der Waals surface area contributed by atoms with Crippen molar-refractivity contribution in [2.75, 3.05) is 21.2 Å². The van der Waals surface area contributed by atoms with E-state index in [9.17, 15) is 14.4 Å². The lowest BCUT2D eigenvalue weighted by atomic mass is 10.1. The van der Waals surface area contributed by atoms with Gasteiger partial charge in [-0.25, -0.2) is 9.59 Å². The van der Waals surface area contributed by atoms with Crippen LogP contribution in [0.15, 0.2) is 36.4 Å². The molecule has 0 heterocycles. The quantitative estimate of drug-likeness (QED) is 0.200. The number of nitrogens with one attached hydrogen (secondary N) is 2. The molecule has 0 amide bonds. The maximum absolute atomic E-state index is 11.8. The first-order valence-electron chi connectivity index (χ1n) is 8.68.